The molecule has 96 valence electrons. The SMILES string of the molecule is CCCC(CO)(CCC)NCC1CCCO1. The van der Waals surface area contributed by atoms with Gasteiger partial charge in [0.05, 0.1) is 12.7 Å². The van der Waals surface area contributed by atoms with Gasteiger partial charge in [0.15, 0.2) is 0 Å². The molecular weight excluding hydrogens is 202 g/mol. The molecule has 0 aliphatic carbocycles. The number of hydrogen-bond acceptors (Lipinski definition) is 3. The van der Waals surface area contributed by atoms with Crippen molar-refractivity contribution in [3.05, 3.63) is 0 Å². The van der Waals surface area contributed by atoms with Gasteiger partial charge in [0.1, 0.15) is 0 Å². The highest BCUT2D eigenvalue weighted by molar-refractivity contribution is 4.88. The molecule has 0 aromatic carbocycles. The summed E-state index contributed by atoms with van der Waals surface area (Å²) >= 11 is 0. The van der Waals surface area contributed by atoms with E-state index in [0.29, 0.717) is 6.10 Å². The van der Waals surface area contributed by atoms with Gasteiger partial charge in [0.25, 0.3) is 0 Å². The van der Waals surface area contributed by atoms with E-state index in [1.165, 1.54) is 6.42 Å². The normalized spacial score (nSPS) is 21.6. The molecule has 0 saturated carbocycles. The fourth-order valence-corrected chi connectivity index (χ4v) is 2.61. The van der Waals surface area contributed by atoms with Crippen LogP contribution in [0.5, 0.6) is 0 Å². The fraction of sp³-hybridized carbons (Fsp3) is 1.00. The van der Waals surface area contributed by atoms with Gasteiger partial charge >= 0.3 is 0 Å². The van der Waals surface area contributed by atoms with Crippen LogP contribution in [0, 0.1) is 0 Å². The van der Waals surface area contributed by atoms with E-state index in [2.05, 4.69) is 19.2 Å². The highest BCUT2D eigenvalue weighted by Crippen LogP contribution is 2.20. The minimum Gasteiger partial charge on any atom is -0.394 e. The van der Waals surface area contributed by atoms with Gasteiger partial charge in [0, 0.05) is 18.7 Å². The molecule has 1 fully saturated rings. The van der Waals surface area contributed by atoms with Crippen molar-refractivity contribution in [1.82, 2.24) is 5.32 Å². The lowest BCUT2D eigenvalue weighted by Crippen LogP contribution is -2.50. The molecule has 1 aliphatic rings. The minimum absolute atomic E-state index is 0.0740. The van der Waals surface area contributed by atoms with E-state index in [4.69, 9.17) is 4.74 Å². The van der Waals surface area contributed by atoms with Gasteiger partial charge in [-0.05, 0) is 25.7 Å². The summed E-state index contributed by atoms with van der Waals surface area (Å²) in [5.74, 6) is 0. The number of ether oxygens (including phenoxy) is 1. The highest BCUT2D eigenvalue weighted by Gasteiger charge is 2.28. The zero-order valence-corrected chi connectivity index (χ0v) is 10.8. The Morgan fingerprint density at radius 2 is 2.00 bits per heavy atom. The van der Waals surface area contributed by atoms with E-state index in [9.17, 15) is 5.11 Å². The van der Waals surface area contributed by atoms with E-state index >= 15 is 0 Å². The largest absolute Gasteiger partial charge is 0.394 e. The van der Waals surface area contributed by atoms with Crippen LogP contribution < -0.4 is 5.32 Å². The molecule has 0 aromatic heterocycles. The minimum atomic E-state index is -0.0740. The average molecular weight is 229 g/mol. The molecule has 0 bridgehead atoms. The molecular formula is C13H27NO2. The van der Waals surface area contributed by atoms with Crippen LogP contribution in [-0.4, -0.2) is 36.5 Å². The summed E-state index contributed by atoms with van der Waals surface area (Å²) in [6, 6.07) is 0. The molecule has 0 amide bonds. The van der Waals surface area contributed by atoms with Gasteiger partial charge in [-0.2, -0.15) is 0 Å². The van der Waals surface area contributed by atoms with Crippen LogP contribution in [0.2, 0.25) is 0 Å². The van der Waals surface area contributed by atoms with Crippen LogP contribution in [0.1, 0.15) is 52.4 Å². The van der Waals surface area contributed by atoms with E-state index in [1.807, 2.05) is 0 Å². The first-order valence-corrected chi connectivity index (χ1v) is 6.74. The number of hydrogen-bond donors (Lipinski definition) is 2. The molecule has 0 spiro atoms. The van der Waals surface area contributed by atoms with Crippen molar-refractivity contribution < 1.29 is 9.84 Å². The standard InChI is InChI=1S/C13H27NO2/c1-3-7-13(11-15,8-4-2)14-10-12-6-5-9-16-12/h12,14-15H,3-11H2,1-2H3. The number of nitrogens with one attached hydrogen (secondary N) is 1. The third-order valence-electron chi connectivity index (χ3n) is 3.49. The van der Waals surface area contributed by atoms with Crippen molar-refractivity contribution in [3.8, 4) is 0 Å². The Labute approximate surface area is 99.6 Å². The van der Waals surface area contributed by atoms with Crippen LogP contribution in [0.15, 0.2) is 0 Å². The molecule has 1 rings (SSSR count). The van der Waals surface area contributed by atoms with Gasteiger partial charge < -0.3 is 15.2 Å². The lowest BCUT2D eigenvalue weighted by molar-refractivity contribution is 0.0815. The van der Waals surface area contributed by atoms with Crippen molar-refractivity contribution in [2.45, 2.75) is 64.0 Å². The zero-order valence-electron chi connectivity index (χ0n) is 10.8. The Bertz CT molecular complexity index is 173. The van der Waals surface area contributed by atoms with Crippen molar-refractivity contribution >= 4 is 0 Å². The van der Waals surface area contributed by atoms with Crippen LogP contribution in [0.4, 0.5) is 0 Å². The molecule has 16 heavy (non-hydrogen) atoms. The summed E-state index contributed by atoms with van der Waals surface area (Å²) in [7, 11) is 0. The Kier molecular flexibility index (Phi) is 6.32. The van der Waals surface area contributed by atoms with E-state index in [-0.39, 0.29) is 12.1 Å². The molecule has 3 heteroatoms. The van der Waals surface area contributed by atoms with Gasteiger partial charge in [-0.1, -0.05) is 26.7 Å². The predicted molar refractivity (Wildman–Crippen MR) is 66.6 cm³/mol. The second-order valence-corrected chi connectivity index (χ2v) is 4.95. The van der Waals surface area contributed by atoms with Crippen LogP contribution >= 0.6 is 0 Å². The molecule has 0 aromatic rings. The van der Waals surface area contributed by atoms with Crippen molar-refractivity contribution in [1.29, 1.82) is 0 Å². The zero-order chi connectivity index (χ0) is 11.9. The molecule has 3 nitrogen and oxygen atoms in total. The summed E-state index contributed by atoms with van der Waals surface area (Å²) in [4.78, 5) is 0. The maximum Gasteiger partial charge on any atom is 0.0700 e. The smallest absolute Gasteiger partial charge is 0.0700 e. The summed E-state index contributed by atoms with van der Waals surface area (Å²) in [5, 5.41) is 13.2. The Morgan fingerprint density at radius 3 is 2.44 bits per heavy atom. The van der Waals surface area contributed by atoms with Gasteiger partial charge in [0.2, 0.25) is 0 Å². The van der Waals surface area contributed by atoms with E-state index in [1.54, 1.807) is 0 Å². The molecule has 1 unspecified atom stereocenters. The molecule has 1 saturated heterocycles. The van der Waals surface area contributed by atoms with Crippen molar-refractivity contribution in [3.63, 3.8) is 0 Å². The Balaban J connectivity index is 2.40. The van der Waals surface area contributed by atoms with Gasteiger partial charge in [-0.25, -0.2) is 0 Å². The third-order valence-corrected chi connectivity index (χ3v) is 3.49. The summed E-state index contributed by atoms with van der Waals surface area (Å²) in [6.45, 7) is 6.38. The molecule has 1 aliphatic heterocycles. The topological polar surface area (TPSA) is 41.5 Å². The van der Waals surface area contributed by atoms with Crippen molar-refractivity contribution in [2.24, 2.45) is 0 Å². The maximum absolute atomic E-state index is 9.61. The molecule has 1 heterocycles. The number of rotatable bonds is 8. The second-order valence-electron chi connectivity index (χ2n) is 4.95. The van der Waals surface area contributed by atoms with Gasteiger partial charge in [-0.15, -0.1) is 0 Å². The van der Waals surface area contributed by atoms with Crippen LogP contribution in [0.3, 0.4) is 0 Å². The maximum atomic E-state index is 9.61. The lowest BCUT2D eigenvalue weighted by atomic mass is 9.89. The number of aliphatic hydroxyl groups is 1. The second kappa shape index (κ2) is 7.25. The van der Waals surface area contributed by atoms with Crippen LogP contribution in [-0.2, 0) is 4.74 Å². The first-order valence-electron chi connectivity index (χ1n) is 6.74. The summed E-state index contributed by atoms with van der Waals surface area (Å²) < 4.78 is 5.60. The number of aliphatic hydroxyl groups excluding tert-OH is 1. The van der Waals surface area contributed by atoms with E-state index in [0.717, 1.165) is 45.3 Å². The Hall–Kier alpha value is -0.120. The molecule has 0 radical (unpaired) electrons. The van der Waals surface area contributed by atoms with Gasteiger partial charge in [-0.3, -0.25) is 0 Å². The average Bonchev–Trinajstić information content (AvgIpc) is 2.79. The lowest BCUT2D eigenvalue weighted by Gasteiger charge is -2.34. The van der Waals surface area contributed by atoms with E-state index < -0.39 is 0 Å². The highest BCUT2D eigenvalue weighted by atomic mass is 16.5. The third kappa shape index (κ3) is 4.04. The molecule has 1 atom stereocenters. The predicted octanol–water partition coefficient (Wildman–Crippen LogP) is 2.09. The quantitative estimate of drug-likeness (QED) is 0.669. The summed E-state index contributed by atoms with van der Waals surface area (Å²) in [6.07, 6.45) is 7.01. The molecule has 2 N–H and O–H groups in total. The van der Waals surface area contributed by atoms with Crippen LogP contribution in [0.25, 0.3) is 0 Å². The monoisotopic (exact) mass is 229 g/mol. The summed E-state index contributed by atoms with van der Waals surface area (Å²) in [5.41, 5.74) is -0.0740. The Morgan fingerprint density at radius 1 is 1.31 bits per heavy atom. The fourth-order valence-electron chi connectivity index (χ4n) is 2.61. The first kappa shape index (κ1) is 13.9. The van der Waals surface area contributed by atoms with Crippen molar-refractivity contribution in [2.75, 3.05) is 19.8 Å². The first-order chi connectivity index (χ1) is 7.76.